The number of amides is 1. The second-order valence-corrected chi connectivity index (χ2v) is 5.89. The zero-order valence-electron chi connectivity index (χ0n) is 11.9. The van der Waals surface area contributed by atoms with Gasteiger partial charge < -0.3 is 20.1 Å². The first-order valence-corrected chi connectivity index (χ1v) is 7.44. The van der Waals surface area contributed by atoms with Gasteiger partial charge in [0.05, 0.1) is 13.1 Å². The van der Waals surface area contributed by atoms with Gasteiger partial charge in [-0.3, -0.25) is 4.79 Å². The molecule has 0 atom stereocenters. The van der Waals surface area contributed by atoms with E-state index in [9.17, 15) is 14.7 Å². The third kappa shape index (κ3) is 4.19. The summed E-state index contributed by atoms with van der Waals surface area (Å²) in [4.78, 5) is 23.9. The van der Waals surface area contributed by atoms with Crippen LogP contribution in [0, 0.1) is 12.8 Å². The van der Waals surface area contributed by atoms with E-state index in [1.807, 2.05) is 13.0 Å². The number of anilines is 1. The van der Waals surface area contributed by atoms with Gasteiger partial charge in [-0.15, -0.1) is 0 Å². The van der Waals surface area contributed by atoms with Crippen LogP contribution >= 0.6 is 11.6 Å². The Morgan fingerprint density at radius 3 is 2.67 bits per heavy atom. The molecule has 1 aliphatic rings. The van der Waals surface area contributed by atoms with Crippen LogP contribution in [-0.4, -0.2) is 31.5 Å². The fourth-order valence-corrected chi connectivity index (χ4v) is 2.78. The highest BCUT2D eigenvalue weighted by Crippen LogP contribution is 2.22. The van der Waals surface area contributed by atoms with Gasteiger partial charge in [-0.1, -0.05) is 17.7 Å². The van der Waals surface area contributed by atoms with Gasteiger partial charge in [0, 0.05) is 35.4 Å². The van der Waals surface area contributed by atoms with Gasteiger partial charge in [0.1, 0.15) is 0 Å². The van der Waals surface area contributed by atoms with Crippen molar-refractivity contribution in [3.05, 3.63) is 28.8 Å². The maximum absolute atomic E-state index is 12.1. The number of hydrogen-bond acceptors (Lipinski definition) is 3. The fourth-order valence-electron chi connectivity index (χ4n) is 2.60. The Kier molecular flexibility index (Phi) is 5.20. The van der Waals surface area contributed by atoms with Crippen LogP contribution in [0.2, 0.25) is 5.02 Å². The lowest BCUT2D eigenvalue weighted by atomic mass is 9.97. The number of nitrogens with one attached hydrogen (secondary N) is 2. The SMILES string of the molecule is Cc1c(Cl)cccc1NC(=O)C[NH+]1CCC(C(=O)[O-])CC1. The Bertz CT molecular complexity index is 540. The second-order valence-electron chi connectivity index (χ2n) is 5.48. The first-order chi connectivity index (χ1) is 9.97. The molecule has 5 nitrogen and oxygen atoms in total. The molecule has 1 aliphatic heterocycles. The Morgan fingerprint density at radius 1 is 1.38 bits per heavy atom. The molecule has 1 aromatic carbocycles. The molecule has 0 aliphatic carbocycles. The highest BCUT2D eigenvalue weighted by molar-refractivity contribution is 6.31. The minimum atomic E-state index is -0.979. The molecule has 0 saturated carbocycles. The number of quaternary nitrogens is 1. The topological polar surface area (TPSA) is 73.7 Å². The smallest absolute Gasteiger partial charge is 0.279 e. The van der Waals surface area contributed by atoms with Crippen LogP contribution in [0.25, 0.3) is 0 Å². The van der Waals surface area contributed by atoms with Gasteiger partial charge in [-0.2, -0.15) is 0 Å². The van der Waals surface area contributed by atoms with E-state index in [0.29, 0.717) is 37.5 Å². The van der Waals surface area contributed by atoms with E-state index in [-0.39, 0.29) is 11.8 Å². The van der Waals surface area contributed by atoms with Crippen molar-refractivity contribution in [2.45, 2.75) is 19.8 Å². The van der Waals surface area contributed by atoms with Crippen molar-refractivity contribution in [2.75, 3.05) is 25.0 Å². The average molecular weight is 311 g/mol. The number of hydrogen-bond donors (Lipinski definition) is 2. The van der Waals surface area contributed by atoms with E-state index in [1.54, 1.807) is 12.1 Å². The quantitative estimate of drug-likeness (QED) is 0.797. The van der Waals surface area contributed by atoms with Gasteiger partial charge in [-0.25, -0.2) is 0 Å². The predicted octanol–water partition coefficient (Wildman–Crippen LogP) is -0.368. The first kappa shape index (κ1) is 15.8. The third-order valence-electron chi connectivity index (χ3n) is 3.98. The lowest BCUT2D eigenvalue weighted by Gasteiger charge is -2.29. The Morgan fingerprint density at radius 2 is 2.05 bits per heavy atom. The number of carbonyl (C=O) groups is 2. The van der Waals surface area contributed by atoms with E-state index in [0.717, 1.165) is 16.2 Å². The molecule has 2 N–H and O–H groups in total. The van der Waals surface area contributed by atoms with E-state index in [1.165, 1.54) is 0 Å². The zero-order chi connectivity index (χ0) is 15.4. The molecule has 0 spiro atoms. The van der Waals surface area contributed by atoms with Gasteiger partial charge >= 0.3 is 0 Å². The van der Waals surface area contributed by atoms with Crippen LogP contribution in [-0.2, 0) is 9.59 Å². The summed E-state index contributed by atoms with van der Waals surface area (Å²) in [6.45, 7) is 3.56. The average Bonchev–Trinajstić information content (AvgIpc) is 2.44. The van der Waals surface area contributed by atoms with E-state index >= 15 is 0 Å². The van der Waals surface area contributed by atoms with Gasteiger partial charge in [-0.05, 0) is 24.6 Å². The highest BCUT2D eigenvalue weighted by atomic mass is 35.5. The molecule has 1 saturated heterocycles. The molecule has 0 unspecified atom stereocenters. The molecule has 21 heavy (non-hydrogen) atoms. The summed E-state index contributed by atoms with van der Waals surface area (Å²) in [5.41, 5.74) is 1.56. The summed E-state index contributed by atoms with van der Waals surface area (Å²) in [5.74, 6) is -1.43. The zero-order valence-corrected chi connectivity index (χ0v) is 12.7. The number of carboxylic acids is 1. The summed E-state index contributed by atoms with van der Waals surface area (Å²) in [7, 11) is 0. The fraction of sp³-hybridized carbons (Fsp3) is 0.467. The minimum absolute atomic E-state index is 0.0812. The van der Waals surface area contributed by atoms with Crippen LogP contribution in [0.3, 0.4) is 0 Å². The maximum Gasteiger partial charge on any atom is 0.279 e. The third-order valence-corrected chi connectivity index (χ3v) is 4.39. The van der Waals surface area contributed by atoms with E-state index in [2.05, 4.69) is 5.32 Å². The molecule has 2 rings (SSSR count). The molecule has 114 valence electrons. The van der Waals surface area contributed by atoms with Crippen LogP contribution < -0.4 is 15.3 Å². The van der Waals surface area contributed by atoms with Crippen molar-refractivity contribution in [1.29, 1.82) is 0 Å². The van der Waals surface area contributed by atoms with Crippen molar-refractivity contribution >= 4 is 29.2 Å². The van der Waals surface area contributed by atoms with Crippen LogP contribution in [0.5, 0.6) is 0 Å². The van der Waals surface area contributed by atoms with Crippen molar-refractivity contribution in [3.63, 3.8) is 0 Å². The van der Waals surface area contributed by atoms with Crippen LogP contribution in [0.4, 0.5) is 5.69 Å². The number of piperidine rings is 1. The molecule has 0 aromatic heterocycles. The minimum Gasteiger partial charge on any atom is -0.550 e. The second kappa shape index (κ2) is 6.91. The molecular weight excluding hydrogens is 292 g/mol. The molecule has 0 radical (unpaired) electrons. The molecular formula is C15H19ClN2O3. The number of benzene rings is 1. The highest BCUT2D eigenvalue weighted by Gasteiger charge is 2.24. The van der Waals surface area contributed by atoms with Crippen molar-refractivity contribution in [2.24, 2.45) is 5.92 Å². The van der Waals surface area contributed by atoms with Gasteiger partial charge in [0.25, 0.3) is 5.91 Å². The Balaban J connectivity index is 1.86. The predicted molar refractivity (Wildman–Crippen MR) is 78.1 cm³/mol. The van der Waals surface area contributed by atoms with E-state index in [4.69, 9.17) is 11.6 Å². The molecule has 1 fully saturated rings. The number of carboxylic acid groups (broad SMARTS) is 1. The molecule has 1 amide bonds. The summed E-state index contributed by atoms with van der Waals surface area (Å²) in [6.07, 6.45) is 1.14. The first-order valence-electron chi connectivity index (χ1n) is 7.06. The lowest BCUT2D eigenvalue weighted by Crippen LogP contribution is -3.14. The Hall–Kier alpha value is -1.59. The number of aliphatic carboxylic acids is 1. The van der Waals surface area contributed by atoms with Gasteiger partial charge in [0.2, 0.25) is 0 Å². The summed E-state index contributed by atoms with van der Waals surface area (Å²) in [6, 6.07) is 5.39. The standard InChI is InChI=1S/C15H19ClN2O3/c1-10-12(16)3-2-4-13(10)17-14(19)9-18-7-5-11(6-8-18)15(20)21/h2-4,11H,5-9H2,1H3,(H,17,19)(H,20,21). The summed E-state index contributed by atoms with van der Waals surface area (Å²) in [5, 5.41) is 14.3. The van der Waals surface area contributed by atoms with Crippen molar-refractivity contribution in [1.82, 2.24) is 0 Å². The number of carbonyl (C=O) groups excluding carboxylic acids is 2. The van der Waals surface area contributed by atoms with Crippen molar-refractivity contribution in [3.8, 4) is 0 Å². The summed E-state index contributed by atoms with van der Waals surface area (Å²) < 4.78 is 0. The van der Waals surface area contributed by atoms with Crippen LogP contribution in [0.1, 0.15) is 18.4 Å². The monoisotopic (exact) mass is 310 g/mol. The molecule has 0 bridgehead atoms. The largest absolute Gasteiger partial charge is 0.550 e. The van der Waals surface area contributed by atoms with Crippen LogP contribution in [0.15, 0.2) is 18.2 Å². The number of halogens is 1. The summed E-state index contributed by atoms with van der Waals surface area (Å²) >= 11 is 6.02. The number of likely N-dealkylation sites (tertiary alicyclic amines) is 1. The van der Waals surface area contributed by atoms with E-state index < -0.39 is 5.97 Å². The lowest BCUT2D eigenvalue weighted by molar-refractivity contribution is -0.897. The molecule has 1 heterocycles. The Labute approximate surface area is 128 Å². The van der Waals surface area contributed by atoms with Gasteiger partial charge in [0.15, 0.2) is 6.54 Å². The maximum atomic E-state index is 12.1. The normalized spacial score (nSPS) is 21.8. The molecule has 1 aromatic rings. The van der Waals surface area contributed by atoms with Crippen molar-refractivity contribution < 1.29 is 19.6 Å². The molecule has 6 heteroatoms. The number of rotatable bonds is 4.